The maximum atomic E-state index is 4.30. The van der Waals surface area contributed by atoms with Crippen molar-refractivity contribution in [2.24, 2.45) is 0 Å². The van der Waals surface area contributed by atoms with Crippen LogP contribution < -0.4 is 0 Å². The van der Waals surface area contributed by atoms with Crippen molar-refractivity contribution >= 4 is 5.57 Å². The van der Waals surface area contributed by atoms with Gasteiger partial charge in [-0.3, -0.25) is 4.90 Å². The van der Waals surface area contributed by atoms with E-state index >= 15 is 0 Å². The minimum absolute atomic E-state index is 0.519. The van der Waals surface area contributed by atoms with Gasteiger partial charge in [0.25, 0.3) is 0 Å². The summed E-state index contributed by atoms with van der Waals surface area (Å²) in [5.41, 5.74) is 4.87. The largest absolute Gasteiger partial charge is 0.296 e. The van der Waals surface area contributed by atoms with Crippen molar-refractivity contribution < 1.29 is 0 Å². The van der Waals surface area contributed by atoms with Crippen LogP contribution in [-0.2, 0) is 6.42 Å². The Balaban J connectivity index is 2.17. The van der Waals surface area contributed by atoms with Crippen molar-refractivity contribution in [2.45, 2.75) is 59.2 Å². The van der Waals surface area contributed by atoms with E-state index in [4.69, 9.17) is 0 Å². The van der Waals surface area contributed by atoms with Gasteiger partial charge in [-0.15, -0.1) is 0 Å². The quantitative estimate of drug-likeness (QED) is 0.623. The number of hydrogen-bond acceptors (Lipinski definition) is 1. The molecule has 24 heavy (non-hydrogen) atoms. The minimum Gasteiger partial charge on any atom is -0.296 e. The Hall–Kier alpha value is -1.86. The van der Waals surface area contributed by atoms with Crippen molar-refractivity contribution in [2.75, 3.05) is 0 Å². The van der Waals surface area contributed by atoms with Gasteiger partial charge in [-0.05, 0) is 63.3 Å². The number of benzene rings is 2. The molecule has 0 spiro atoms. The zero-order valence-electron chi connectivity index (χ0n) is 15.8. The van der Waals surface area contributed by atoms with Crippen LogP contribution in [0.2, 0.25) is 0 Å². The van der Waals surface area contributed by atoms with E-state index in [0.29, 0.717) is 18.1 Å². The first-order valence-corrected chi connectivity index (χ1v) is 9.01. The molecule has 0 N–H and O–H groups in total. The molecular weight excluding hydrogens is 290 g/mol. The molecule has 1 heteroatoms. The molecule has 0 bridgehead atoms. The van der Waals surface area contributed by atoms with Gasteiger partial charge in [0.05, 0.1) is 0 Å². The molecule has 2 rings (SSSR count). The van der Waals surface area contributed by atoms with E-state index in [1.54, 1.807) is 0 Å². The molecule has 128 valence electrons. The van der Waals surface area contributed by atoms with Crippen molar-refractivity contribution in [1.29, 1.82) is 0 Å². The maximum Gasteiger partial charge on any atom is 0.0113 e. The summed E-state index contributed by atoms with van der Waals surface area (Å²) in [6.45, 7) is 15.8. The summed E-state index contributed by atoms with van der Waals surface area (Å²) >= 11 is 0. The van der Waals surface area contributed by atoms with Crippen LogP contribution in [0.3, 0.4) is 0 Å². The maximum absolute atomic E-state index is 4.30. The highest BCUT2D eigenvalue weighted by atomic mass is 15.2. The average Bonchev–Trinajstić information content (AvgIpc) is 2.54. The van der Waals surface area contributed by atoms with E-state index in [9.17, 15) is 0 Å². The molecule has 0 saturated heterocycles. The van der Waals surface area contributed by atoms with Crippen LogP contribution in [0, 0.1) is 0 Å². The van der Waals surface area contributed by atoms with Gasteiger partial charge in [-0.25, -0.2) is 0 Å². The lowest BCUT2D eigenvalue weighted by atomic mass is 9.95. The summed E-state index contributed by atoms with van der Waals surface area (Å²) in [7, 11) is 0. The molecule has 0 aliphatic rings. The zero-order chi connectivity index (χ0) is 17.7. The summed E-state index contributed by atoms with van der Waals surface area (Å²) in [4.78, 5) is 2.58. The predicted molar refractivity (Wildman–Crippen MR) is 106 cm³/mol. The van der Waals surface area contributed by atoms with Gasteiger partial charge in [0.15, 0.2) is 0 Å². The van der Waals surface area contributed by atoms with Gasteiger partial charge in [0, 0.05) is 18.1 Å². The topological polar surface area (TPSA) is 3.24 Å². The standard InChI is InChI=1S/C23H31N/c1-17(2)24(18(3)4)19(5)15-21-11-10-14-23(16-21)20(6)22-12-8-7-9-13-22/h7-14,16-19H,6,15H2,1-5H3. The second-order valence-corrected chi connectivity index (χ2v) is 7.23. The predicted octanol–water partition coefficient (Wildman–Crippen LogP) is 5.80. The van der Waals surface area contributed by atoms with E-state index in [1.165, 1.54) is 16.7 Å². The highest BCUT2D eigenvalue weighted by molar-refractivity contribution is 5.78. The first-order chi connectivity index (χ1) is 11.4. The van der Waals surface area contributed by atoms with Crippen LogP contribution >= 0.6 is 0 Å². The van der Waals surface area contributed by atoms with E-state index in [1.807, 2.05) is 6.07 Å². The number of hydrogen-bond donors (Lipinski definition) is 0. The highest BCUT2D eigenvalue weighted by Gasteiger charge is 2.20. The fourth-order valence-corrected chi connectivity index (χ4v) is 3.75. The SMILES string of the molecule is C=C(c1ccccc1)c1cccc(CC(C)N(C(C)C)C(C)C)c1. The first-order valence-electron chi connectivity index (χ1n) is 9.01. The molecule has 1 atom stereocenters. The van der Waals surface area contributed by atoms with Gasteiger partial charge in [0.2, 0.25) is 0 Å². The fraction of sp³-hybridized carbons (Fsp3) is 0.391. The van der Waals surface area contributed by atoms with E-state index < -0.39 is 0 Å². The Morgan fingerprint density at radius 3 is 2.00 bits per heavy atom. The van der Waals surface area contributed by atoms with Crippen LogP contribution in [0.4, 0.5) is 0 Å². The average molecular weight is 322 g/mol. The van der Waals surface area contributed by atoms with Crippen LogP contribution in [0.1, 0.15) is 51.3 Å². The first kappa shape index (κ1) is 18.5. The lowest BCUT2D eigenvalue weighted by Crippen LogP contribution is -2.44. The lowest BCUT2D eigenvalue weighted by Gasteiger charge is -2.36. The van der Waals surface area contributed by atoms with Gasteiger partial charge >= 0.3 is 0 Å². The summed E-state index contributed by atoms with van der Waals surface area (Å²) < 4.78 is 0. The van der Waals surface area contributed by atoms with Crippen molar-refractivity contribution in [3.05, 3.63) is 77.9 Å². The summed E-state index contributed by atoms with van der Waals surface area (Å²) in [6.07, 6.45) is 1.06. The zero-order valence-corrected chi connectivity index (χ0v) is 15.8. The van der Waals surface area contributed by atoms with Gasteiger partial charge in [-0.1, -0.05) is 61.2 Å². The van der Waals surface area contributed by atoms with Crippen molar-refractivity contribution in [3.63, 3.8) is 0 Å². The Morgan fingerprint density at radius 1 is 0.833 bits per heavy atom. The van der Waals surface area contributed by atoms with Crippen LogP contribution in [-0.4, -0.2) is 23.0 Å². The van der Waals surface area contributed by atoms with Gasteiger partial charge in [0.1, 0.15) is 0 Å². The van der Waals surface area contributed by atoms with Crippen molar-refractivity contribution in [3.8, 4) is 0 Å². The Morgan fingerprint density at radius 2 is 1.42 bits per heavy atom. The molecule has 0 saturated carbocycles. The van der Waals surface area contributed by atoms with Crippen molar-refractivity contribution in [1.82, 2.24) is 4.90 Å². The van der Waals surface area contributed by atoms with E-state index in [-0.39, 0.29) is 0 Å². The molecule has 0 radical (unpaired) electrons. The van der Waals surface area contributed by atoms with Gasteiger partial charge < -0.3 is 0 Å². The Kier molecular flexibility index (Phi) is 6.39. The van der Waals surface area contributed by atoms with E-state index in [0.717, 1.165) is 12.0 Å². The molecular formula is C23H31N. The van der Waals surface area contributed by atoms with Crippen LogP contribution in [0.25, 0.3) is 5.57 Å². The monoisotopic (exact) mass is 321 g/mol. The summed E-state index contributed by atoms with van der Waals surface area (Å²) in [6, 6.07) is 20.9. The summed E-state index contributed by atoms with van der Waals surface area (Å²) in [5.74, 6) is 0. The number of rotatable bonds is 7. The number of nitrogens with zero attached hydrogens (tertiary/aromatic N) is 1. The Bertz CT molecular complexity index is 647. The molecule has 0 aliphatic heterocycles. The molecule has 1 unspecified atom stereocenters. The third kappa shape index (κ3) is 4.58. The molecule has 0 aromatic heterocycles. The molecule has 0 amide bonds. The third-order valence-electron chi connectivity index (χ3n) is 4.63. The van der Waals surface area contributed by atoms with Crippen LogP contribution in [0.5, 0.6) is 0 Å². The molecule has 0 heterocycles. The second-order valence-electron chi connectivity index (χ2n) is 7.23. The second kappa shape index (κ2) is 8.30. The third-order valence-corrected chi connectivity index (χ3v) is 4.63. The fourth-order valence-electron chi connectivity index (χ4n) is 3.75. The smallest absolute Gasteiger partial charge is 0.0113 e. The minimum atomic E-state index is 0.519. The van der Waals surface area contributed by atoms with Gasteiger partial charge in [-0.2, -0.15) is 0 Å². The molecule has 0 aliphatic carbocycles. The Labute approximate surface area is 148 Å². The van der Waals surface area contributed by atoms with Crippen LogP contribution in [0.15, 0.2) is 61.2 Å². The van der Waals surface area contributed by atoms with E-state index in [2.05, 4.69) is 94.6 Å². The highest BCUT2D eigenvalue weighted by Crippen LogP contribution is 2.23. The molecule has 2 aromatic carbocycles. The summed E-state index contributed by atoms with van der Waals surface area (Å²) in [5, 5.41) is 0. The molecule has 1 nitrogen and oxygen atoms in total. The lowest BCUT2D eigenvalue weighted by molar-refractivity contribution is 0.122. The normalized spacial score (nSPS) is 12.8. The molecule has 0 fully saturated rings. The molecule has 2 aromatic rings.